The molecule has 2 heteroatoms. The zero-order valence-corrected chi connectivity index (χ0v) is 6.53. The first-order chi connectivity index (χ1) is 5.92. The van der Waals surface area contributed by atoms with Crippen molar-refractivity contribution >= 4 is 10.8 Å². The van der Waals surface area contributed by atoms with Gasteiger partial charge in [0.1, 0.15) is 6.61 Å². The third-order valence-corrected chi connectivity index (χ3v) is 1.89. The Morgan fingerprint density at radius 3 is 2.83 bits per heavy atom. The molecule has 59 valence electrons. The Labute approximate surface area is 70.5 Å². The summed E-state index contributed by atoms with van der Waals surface area (Å²) in [6.45, 7) is -0.249. The first-order valence-corrected chi connectivity index (χ1v) is 3.82. The lowest BCUT2D eigenvalue weighted by Crippen LogP contribution is -1.88. The van der Waals surface area contributed by atoms with Crippen LogP contribution < -0.4 is 0 Å². The maximum atomic E-state index is 10.7. The van der Waals surface area contributed by atoms with Crippen LogP contribution in [0.3, 0.4) is 0 Å². The fourth-order valence-corrected chi connectivity index (χ4v) is 1.30. The fraction of sp³-hybridized carbons (Fsp3) is 0.100. The van der Waals surface area contributed by atoms with E-state index in [0.717, 1.165) is 10.8 Å². The van der Waals surface area contributed by atoms with Crippen molar-refractivity contribution in [2.24, 2.45) is 0 Å². The van der Waals surface area contributed by atoms with Crippen LogP contribution in [0.25, 0.3) is 10.8 Å². The highest BCUT2D eigenvalue weighted by atomic mass is 16.3. The van der Waals surface area contributed by atoms with Crippen LogP contribution >= 0.6 is 0 Å². The summed E-state index contributed by atoms with van der Waals surface area (Å²) in [6.07, 6.45) is 1.68. The molecule has 0 unspecified atom stereocenters. The van der Waals surface area contributed by atoms with Crippen LogP contribution in [-0.4, -0.2) is 4.98 Å². The van der Waals surface area contributed by atoms with Crippen LogP contribution in [0.15, 0.2) is 36.5 Å². The Morgan fingerprint density at radius 1 is 1.17 bits per heavy atom. The summed E-state index contributed by atoms with van der Waals surface area (Å²) >= 11 is 0. The van der Waals surface area contributed by atoms with Crippen molar-refractivity contribution in [1.29, 1.82) is 0 Å². The number of pyridine rings is 1. The lowest BCUT2D eigenvalue weighted by atomic mass is 10.1. The number of hydrogen-bond acceptors (Lipinski definition) is 1. The molecule has 0 amide bonds. The number of hydrogen-bond donors (Lipinski definition) is 0. The smallest absolute Gasteiger partial charge is 0.125 e. The molecule has 0 atom stereocenters. The molecule has 12 heavy (non-hydrogen) atoms. The van der Waals surface area contributed by atoms with Crippen LogP contribution in [0.5, 0.6) is 0 Å². The number of aromatic nitrogens is 1. The first-order valence-electron chi connectivity index (χ1n) is 3.82. The Hall–Kier alpha value is -1.41. The van der Waals surface area contributed by atoms with Gasteiger partial charge in [-0.1, -0.05) is 24.3 Å². The van der Waals surface area contributed by atoms with Crippen molar-refractivity contribution in [2.75, 3.05) is 0 Å². The third kappa shape index (κ3) is 1.06. The molecule has 1 aromatic heterocycles. The largest absolute Gasteiger partial charge is 0.258 e. The highest BCUT2D eigenvalue weighted by Crippen LogP contribution is 2.15. The summed E-state index contributed by atoms with van der Waals surface area (Å²) < 4.78 is 0. The highest BCUT2D eigenvalue weighted by Gasteiger charge is 1.98. The van der Waals surface area contributed by atoms with Crippen LogP contribution in [0, 0.1) is 0 Å². The van der Waals surface area contributed by atoms with E-state index in [4.69, 9.17) is 0 Å². The van der Waals surface area contributed by atoms with E-state index in [-0.39, 0.29) is 6.61 Å². The third-order valence-electron chi connectivity index (χ3n) is 1.89. The average molecular weight is 158 g/mol. The SMILES string of the molecule is [O]Cc1nccc2ccccc12. The molecule has 0 saturated heterocycles. The Kier molecular flexibility index (Phi) is 1.76. The predicted octanol–water partition coefficient (Wildman–Crippen LogP) is 2.17. The molecule has 0 aliphatic carbocycles. The van der Waals surface area contributed by atoms with Crippen LogP contribution in [0.4, 0.5) is 0 Å². The second kappa shape index (κ2) is 2.91. The number of fused-ring (bicyclic) bond motifs is 1. The molecule has 0 N–H and O–H groups in total. The summed E-state index contributed by atoms with van der Waals surface area (Å²) in [5.74, 6) is 0. The zero-order valence-electron chi connectivity index (χ0n) is 6.53. The van der Waals surface area contributed by atoms with Gasteiger partial charge in [-0.3, -0.25) is 4.98 Å². The van der Waals surface area contributed by atoms with Crippen LogP contribution in [-0.2, 0) is 11.7 Å². The van der Waals surface area contributed by atoms with Crippen LogP contribution in [0.2, 0.25) is 0 Å². The predicted molar refractivity (Wildman–Crippen MR) is 46.1 cm³/mol. The molecule has 2 rings (SSSR count). The number of nitrogens with zero attached hydrogens (tertiary/aromatic N) is 1. The van der Waals surface area contributed by atoms with Gasteiger partial charge in [0.2, 0.25) is 0 Å². The minimum absolute atomic E-state index is 0.249. The Bertz CT molecular complexity index is 392. The average Bonchev–Trinajstić information content (AvgIpc) is 2.17. The van der Waals surface area contributed by atoms with Gasteiger partial charge in [0.15, 0.2) is 0 Å². The normalized spacial score (nSPS) is 10.4. The second-order valence-corrected chi connectivity index (χ2v) is 2.62. The monoisotopic (exact) mass is 158 g/mol. The summed E-state index contributed by atoms with van der Waals surface area (Å²) in [6, 6.07) is 9.69. The molecule has 0 fully saturated rings. The van der Waals surface area contributed by atoms with Gasteiger partial charge in [0.25, 0.3) is 0 Å². The van der Waals surface area contributed by atoms with Crippen molar-refractivity contribution in [3.63, 3.8) is 0 Å². The highest BCUT2D eigenvalue weighted by molar-refractivity contribution is 5.84. The second-order valence-electron chi connectivity index (χ2n) is 2.62. The number of benzene rings is 1. The Morgan fingerprint density at radius 2 is 2.00 bits per heavy atom. The van der Waals surface area contributed by atoms with Gasteiger partial charge in [-0.05, 0) is 11.5 Å². The maximum Gasteiger partial charge on any atom is 0.125 e. The molecule has 0 spiro atoms. The van der Waals surface area contributed by atoms with E-state index in [9.17, 15) is 5.11 Å². The lowest BCUT2D eigenvalue weighted by Gasteiger charge is -1.99. The minimum Gasteiger partial charge on any atom is -0.258 e. The van der Waals surface area contributed by atoms with Gasteiger partial charge in [0.05, 0.1) is 5.69 Å². The molecular formula is C10H8NO. The van der Waals surface area contributed by atoms with Gasteiger partial charge in [-0.2, -0.15) is 0 Å². The molecule has 1 aromatic carbocycles. The molecule has 1 heterocycles. The zero-order chi connectivity index (χ0) is 8.39. The number of rotatable bonds is 1. The molecule has 0 bridgehead atoms. The molecule has 0 saturated carbocycles. The molecule has 0 aliphatic rings. The van der Waals surface area contributed by atoms with Crippen molar-refractivity contribution in [3.05, 3.63) is 42.2 Å². The topological polar surface area (TPSA) is 32.8 Å². The molecule has 1 radical (unpaired) electrons. The van der Waals surface area contributed by atoms with E-state index in [1.54, 1.807) is 6.20 Å². The van der Waals surface area contributed by atoms with Crippen molar-refractivity contribution in [2.45, 2.75) is 6.61 Å². The van der Waals surface area contributed by atoms with E-state index < -0.39 is 0 Å². The van der Waals surface area contributed by atoms with E-state index in [0.29, 0.717) is 5.69 Å². The van der Waals surface area contributed by atoms with E-state index >= 15 is 0 Å². The first kappa shape index (κ1) is 7.25. The fourth-order valence-electron chi connectivity index (χ4n) is 1.30. The van der Waals surface area contributed by atoms with E-state index in [1.165, 1.54) is 0 Å². The van der Waals surface area contributed by atoms with E-state index in [1.807, 2.05) is 30.3 Å². The molecule has 0 aliphatic heterocycles. The van der Waals surface area contributed by atoms with Crippen molar-refractivity contribution in [3.8, 4) is 0 Å². The van der Waals surface area contributed by atoms with Gasteiger partial charge in [-0.15, -0.1) is 0 Å². The minimum atomic E-state index is -0.249. The standard InChI is InChI=1S/C10H8NO/c12-7-10-9-4-2-1-3-8(9)5-6-11-10/h1-6H,7H2. The Balaban J connectivity index is 2.79. The summed E-state index contributed by atoms with van der Waals surface area (Å²) in [7, 11) is 0. The summed E-state index contributed by atoms with van der Waals surface area (Å²) in [5.41, 5.74) is 0.633. The van der Waals surface area contributed by atoms with Gasteiger partial charge in [-0.25, -0.2) is 5.11 Å². The van der Waals surface area contributed by atoms with Gasteiger partial charge < -0.3 is 0 Å². The molecule has 2 aromatic rings. The summed E-state index contributed by atoms with van der Waals surface area (Å²) in [4.78, 5) is 4.01. The summed E-state index contributed by atoms with van der Waals surface area (Å²) in [5, 5.41) is 12.7. The van der Waals surface area contributed by atoms with Gasteiger partial charge >= 0.3 is 0 Å². The van der Waals surface area contributed by atoms with Crippen molar-refractivity contribution in [1.82, 2.24) is 4.98 Å². The van der Waals surface area contributed by atoms with Gasteiger partial charge in [0, 0.05) is 11.6 Å². The van der Waals surface area contributed by atoms with E-state index in [2.05, 4.69) is 4.98 Å². The van der Waals surface area contributed by atoms with Crippen molar-refractivity contribution < 1.29 is 5.11 Å². The quantitative estimate of drug-likeness (QED) is 0.626. The molecule has 2 nitrogen and oxygen atoms in total. The van der Waals surface area contributed by atoms with Crippen LogP contribution in [0.1, 0.15) is 5.69 Å². The maximum absolute atomic E-state index is 10.7. The molecular weight excluding hydrogens is 150 g/mol. The lowest BCUT2D eigenvalue weighted by molar-refractivity contribution is 0.175.